The Hall–Kier alpha value is -2.88. The summed E-state index contributed by atoms with van der Waals surface area (Å²) in [4.78, 5) is 23.5. The van der Waals surface area contributed by atoms with E-state index in [4.69, 9.17) is 9.47 Å². The number of benzene rings is 2. The fourth-order valence-electron chi connectivity index (χ4n) is 2.91. The van der Waals surface area contributed by atoms with E-state index in [1.165, 1.54) is 32.1 Å². The maximum Gasteiger partial charge on any atom is 0.336 e. The lowest BCUT2D eigenvalue weighted by molar-refractivity contribution is -0.138. The summed E-state index contributed by atoms with van der Waals surface area (Å²) in [6.45, 7) is 2.58. The van der Waals surface area contributed by atoms with Crippen LogP contribution in [0.15, 0.2) is 66.7 Å². The Kier molecular flexibility index (Phi) is 10.3. The van der Waals surface area contributed by atoms with Gasteiger partial charge >= 0.3 is 11.9 Å². The summed E-state index contributed by atoms with van der Waals surface area (Å²) in [6, 6.07) is 17.2. The highest BCUT2D eigenvalue weighted by Gasteiger charge is 2.04. The monoisotopic (exact) mass is 394 g/mol. The van der Waals surface area contributed by atoms with Crippen LogP contribution in [-0.4, -0.2) is 18.5 Å². The van der Waals surface area contributed by atoms with Crippen molar-refractivity contribution in [3.05, 3.63) is 66.7 Å². The van der Waals surface area contributed by atoms with Crippen molar-refractivity contribution in [3.63, 3.8) is 0 Å². The minimum atomic E-state index is -0.606. The molecule has 0 unspecified atom stereocenters. The summed E-state index contributed by atoms with van der Waals surface area (Å²) in [5, 5.41) is 0. The summed E-state index contributed by atoms with van der Waals surface area (Å²) < 4.78 is 10.3. The smallest absolute Gasteiger partial charge is 0.336 e. The minimum absolute atomic E-state index is 0.382. The Morgan fingerprint density at radius 2 is 1.31 bits per heavy atom. The molecule has 0 N–H and O–H groups in total. The van der Waals surface area contributed by atoms with E-state index in [1.807, 2.05) is 42.5 Å². The molecule has 0 heterocycles. The van der Waals surface area contributed by atoms with Crippen molar-refractivity contribution in [3.8, 4) is 16.9 Å². The second kappa shape index (κ2) is 13.3. The summed E-state index contributed by atoms with van der Waals surface area (Å²) in [6.07, 6.45) is 10.3. The highest BCUT2D eigenvalue weighted by atomic mass is 16.5. The minimum Gasteiger partial charge on any atom is -0.463 e. The van der Waals surface area contributed by atoms with Gasteiger partial charge in [0.25, 0.3) is 0 Å². The molecule has 0 aliphatic heterocycles. The van der Waals surface area contributed by atoms with E-state index in [9.17, 15) is 9.59 Å². The van der Waals surface area contributed by atoms with Crippen LogP contribution in [0.2, 0.25) is 0 Å². The number of hydrogen-bond acceptors (Lipinski definition) is 4. The van der Waals surface area contributed by atoms with Crippen LogP contribution in [0.4, 0.5) is 0 Å². The normalized spacial score (nSPS) is 10.8. The van der Waals surface area contributed by atoms with Gasteiger partial charge in [0.1, 0.15) is 5.75 Å². The van der Waals surface area contributed by atoms with Crippen molar-refractivity contribution in [1.29, 1.82) is 0 Å². The Balaban J connectivity index is 1.65. The van der Waals surface area contributed by atoms with Gasteiger partial charge in [0, 0.05) is 12.2 Å². The largest absolute Gasteiger partial charge is 0.463 e. The molecule has 0 saturated carbocycles. The van der Waals surface area contributed by atoms with Crippen LogP contribution in [0, 0.1) is 0 Å². The predicted molar refractivity (Wildman–Crippen MR) is 116 cm³/mol. The zero-order valence-corrected chi connectivity index (χ0v) is 17.1. The molecule has 0 aliphatic carbocycles. The summed E-state index contributed by atoms with van der Waals surface area (Å²) in [5.74, 6) is -0.700. The Labute approximate surface area is 173 Å². The van der Waals surface area contributed by atoms with Crippen LogP contribution >= 0.6 is 0 Å². The molecule has 0 spiro atoms. The van der Waals surface area contributed by atoms with E-state index in [-0.39, 0.29) is 0 Å². The van der Waals surface area contributed by atoms with E-state index in [1.54, 1.807) is 12.1 Å². The first kappa shape index (κ1) is 22.4. The van der Waals surface area contributed by atoms with Gasteiger partial charge in [-0.15, -0.1) is 0 Å². The average Bonchev–Trinajstić information content (AvgIpc) is 2.75. The SMILES string of the molecule is CCCCCCCCCOC(=O)/C=C/C(=O)Oc1ccc(-c2ccccc2)cc1. The van der Waals surface area contributed by atoms with Gasteiger partial charge < -0.3 is 9.47 Å². The number of carbonyl (C=O) groups is 2. The number of hydrogen-bond donors (Lipinski definition) is 0. The van der Waals surface area contributed by atoms with Crippen LogP contribution in [0.3, 0.4) is 0 Å². The molecule has 0 aliphatic rings. The first-order valence-electron chi connectivity index (χ1n) is 10.4. The van der Waals surface area contributed by atoms with Gasteiger partial charge in [-0.3, -0.25) is 0 Å². The lowest BCUT2D eigenvalue weighted by Crippen LogP contribution is -2.07. The molecule has 4 nitrogen and oxygen atoms in total. The van der Waals surface area contributed by atoms with Gasteiger partial charge in [0.15, 0.2) is 0 Å². The molecule has 2 aromatic carbocycles. The van der Waals surface area contributed by atoms with Crippen molar-refractivity contribution in [2.75, 3.05) is 6.61 Å². The van der Waals surface area contributed by atoms with Gasteiger partial charge in [-0.05, 0) is 29.7 Å². The molecule has 4 heteroatoms. The molecule has 2 rings (SSSR count). The van der Waals surface area contributed by atoms with Crippen molar-refractivity contribution >= 4 is 11.9 Å². The maximum absolute atomic E-state index is 11.9. The fraction of sp³-hybridized carbons (Fsp3) is 0.360. The Morgan fingerprint density at radius 3 is 2.00 bits per heavy atom. The molecular weight excluding hydrogens is 364 g/mol. The third-order valence-electron chi connectivity index (χ3n) is 4.53. The molecule has 0 amide bonds. The fourth-order valence-corrected chi connectivity index (χ4v) is 2.91. The first-order valence-corrected chi connectivity index (χ1v) is 10.4. The van der Waals surface area contributed by atoms with Crippen LogP contribution in [0.1, 0.15) is 51.9 Å². The average molecular weight is 395 g/mol. The van der Waals surface area contributed by atoms with Crippen molar-refractivity contribution < 1.29 is 19.1 Å². The first-order chi connectivity index (χ1) is 14.2. The van der Waals surface area contributed by atoms with E-state index < -0.39 is 11.9 Å². The molecule has 0 atom stereocenters. The molecule has 29 heavy (non-hydrogen) atoms. The Bertz CT molecular complexity index is 763. The number of carbonyl (C=O) groups excluding carboxylic acids is 2. The summed E-state index contributed by atoms with van der Waals surface area (Å²) >= 11 is 0. The van der Waals surface area contributed by atoms with Gasteiger partial charge in [-0.25, -0.2) is 9.59 Å². The number of ether oxygens (including phenoxy) is 2. The van der Waals surface area contributed by atoms with E-state index in [0.29, 0.717) is 12.4 Å². The van der Waals surface area contributed by atoms with Gasteiger partial charge in [0.2, 0.25) is 0 Å². The zero-order valence-electron chi connectivity index (χ0n) is 17.1. The summed E-state index contributed by atoms with van der Waals surface area (Å²) in [5.41, 5.74) is 2.13. The van der Waals surface area contributed by atoms with Crippen molar-refractivity contribution in [2.24, 2.45) is 0 Å². The molecule has 154 valence electrons. The van der Waals surface area contributed by atoms with Crippen LogP contribution in [0.5, 0.6) is 5.75 Å². The molecule has 0 saturated heterocycles. The third-order valence-corrected chi connectivity index (χ3v) is 4.53. The highest BCUT2D eigenvalue weighted by molar-refractivity contribution is 5.92. The quantitative estimate of drug-likeness (QED) is 0.189. The maximum atomic E-state index is 11.9. The second-order valence-electron chi connectivity index (χ2n) is 6.93. The molecule has 0 fully saturated rings. The van der Waals surface area contributed by atoms with E-state index in [0.717, 1.165) is 36.1 Å². The molecule has 0 radical (unpaired) electrons. The predicted octanol–water partition coefficient (Wildman–Crippen LogP) is 6.11. The van der Waals surface area contributed by atoms with Crippen molar-refractivity contribution in [2.45, 2.75) is 51.9 Å². The lowest BCUT2D eigenvalue weighted by atomic mass is 10.1. The zero-order chi connectivity index (χ0) is 20.7. The number of unbranched alkanes of at least 4 members (excludes halogenated alkanes) is 6. The van der Waals surface area contributed by atoms with Crippen LogP contribution in [-0.2, 0) is 14.3 Å². The molecule has 0 bridgehead atoms. The topological polar surface area (TPSA) is 52.6 Å². The molecule has 0 aromatic heterocycles. The van der Waals surface area contributed by atoms with Gasteiger partial charge in [-0.1, -0.05) is 87.9 Å². The van der Waals surface area contributed by atoms with Crippen LogP contribution in [0.25, 0.3) is 11.1 Å². The second-order valence-corrected chi connectivity index (χ2v) is 6.93. The third kappa shape index (κ3) is 9.24. The van der Waals surface area contributed by atoms with Gasteiger partial charge in [-0.2, -0.15) is 0 Å². The molecular formula is C25H30O4. The van der Waals surface area contributed by atoms with Gasteiger partial charge in [0.05, 0.1) is 6.61 Å². The lowest BCUT2D eigenvalue weighted by Gasteiger charge is -2.04. The molecule has 2 aromatic rings. The van der Waals surface area contributed by atoms with E-state index >= 15 is 0 Å². The Morgan fingerprint density at radius 1 is 0.724 bits per heavy atom. The van der Waals surface area contributed by atoms with Crippen molar-refractivity contribution in [1.82, 2.24) is 0 Å². The number of rotatable bonds is 12. The standard InChI is InChI=1S/C25H30O4/c1-2-3-4-5-6-7-11-20-28-24(26)18-19-25(27)29-23-16-14-22(15-17-23)21-12-9-8-10-13-21/h8-10,12-19H,2-7,11,20H2,1H3/b19-18+. The summed E-state index contributed by atoms with van der Waals surface area (Å²) in [7, 11) is 0. The number of esters is 2. The highest BCUT2D eigenvalue weighted by Crippen LogP contribution is 2.22. The van der Waals surface area contributed by atoms with Crippen LogP contribution < -0.4 is 4.74 Å². The van der Waals surface area contributed by atoms with E-state index in [2.05, 4.69) is 6.92 Å².